The van der Waals surface area contributed by atoms with Gasteiger partial charge in [-0.1, -0.05) is 45.9 Å². The highest BCUT2D eigenvalue weighted by atomic mass is 16.2. The van der Waals surface area contributed by atoms with Crippen LogP contribution in [0.15, 0.2) is 24.3 Å². The van der Waals surface area contributed by atoms with Crippen LogP contribution in [0.3, 0.4) is 0 Å². The number of amides is 1. The quantitative estimate of drug-likeness (QED) is 0.902. The summed E-state index contributed by atoms with van der Waals surface area (Å²) in [6, 6.07) is 7.73. The molecule has 0 radical (unpaired) electrons. The van der Waals surface area contributed by atoms with Crippen molar-refractivity contribution in [2.24, 2.45) is 0 Å². The van der Waals surface area contributed by atoms with Crippen LogP contribution in [0.2, 0.25) is 0 Å². The molecule has 0 aliphatic rings. The predicted octanol–water partition coefficient (Wildman–Crippen LogP) is 2.92. The summed E-state index contributed by atoms with van der Waals surface area (Å²) < 4.78 is 0. The third kappa shape index (κ3) is 3.04. The zero-order valence-corrected chi connectivity index (χ0v) is 12.3. The summed E-state index contributed by atoms with van der Waals surface area (Å²) in [7, 11) is 0. The molecule has 5 nitrogen and oxygen atoms in total. The Kier molecular flexibility index (Phi) is 3.88. The molecule has 0 bridgehead atoms. The van der Waals surface area contributed by atoms with E-state index in [0.717, 1.165) is 17.7 Å². The van der Waals surface area contributed by atoms with Crippen LogP contribution >= 0.6 is 0 Å². The van der Waals surface area contributed by atoms with E-state index in [1.807, 2.05) is 45.0 Å². The topological polar surface area (TPSA) is 70.7 Å². The number of nitrogens with zero attached hydrogens (tertiary/aromatic N) is 2. The molecule has 2 rings (SSSR count). The molecule has 0 saturated carbocycles. The van der Waals surface area contributed by atoms with E-state index in [1.165, 1.54) is 0 Å². The Bertz CT molecular complexity index is 610. The molecule has 0 saturated heterocycles. The predicted molar refractivity (Wildman–Crippen MR) is 78.9 cm³/mol. The van der Waals surface area contributed by atoms with E-state index in [4.69, 9.17) is 0 Å². The molecule has 0 spiro atoms. The normalized spacial score (nSPS) is 11.4. The summed E-state index contributed by atoms with van der Waals surface area (Å²) in [5.41, 5.74) is 1.74. The van der Waals surface area contributed by atoms with Gasteiger partial charge in [-0.05, 0) is 18.1 Å². The molecular weight excluding hydrogens is 252 g/mol. The maximum Gasteiger partial charge on any atom is 0.295 e. The van der Waals surface area contributed by atoms with Crippen molar-refractivity contribution in [3.63, 3.8) is 0 Å². The van der Waals surface area contributed by atoms with E-state index in [0.29, 0.717) is 5.82 Å². The number of anilines is 1. The van der Waals surface area contributed by atoms with Crippen LogP contribution in [0.4, 0.5) is 5.69 Å². The molecule has 2 aromatic rings. The van der Waals surface area contributed by atoms with Gasteiger partial charge in [0.05, 0.1) is 0 Å². The fourth-order valence-electron chi connectivity index (χ4n) is 1.83. The fourth-order valence-corrected chi connectivity index (χ4v) is 1.83. The van der Waals surface area contributed by atoms with Gasteiger partial charge in [-0.2, -0.15) is 0 Å². The fraction of sp³-hybridized carbons (Fsp3) is 0.400. The molecule has 1 aromatic carbocycles. The summed E-state index contributed by atoms with van der Waals surface area (Å²) in [6.45, 7) is 8.10. The molecular formula is C15H20N4O. The Hall–Kier alpha value is -2.17. The van der Waals surface area contributed by atoms with E-state index in [9.17, 15) is 4.79 Å². The van der Waals surface area contributed by atoms with E-state index < -0.39 is 0 Å². The van der Waals surface area contributed by atoms with E-state index >= 15 is 0 Å². The van der Waals surface area contributed by atoms with Gasteiger partial charge in [0.2, 0.25) is 5.82 Å². The first-order valence-electron chi connectivity index (χ1n) is 6.74. The summed E-state index contributed by atoms with van der Waals surface area (Å²) in [5.74, 6) is 0.574. The van der Waals surface area contributed by atoms with Gasteiger partial charge >= 0.3 is 0 Å². The first kappa shape index (κ1) is 14.2. The Morgan fingerprint density at radius 1 is 1.30 bits per heavy atom. The zero-order valence-electron chi connectivity index (χ0n) is 12.3. The number of H-pyrrole nitrogens is 1. The third-order valence-electron chi connectivity index (χ3n) is 3.05. The molecule has 106 valence electrons. The second-order valence-corrected chi connectivity index (χ2v) is 5.72. The van der Waals surface area contributed by atoms with Crippen molar-refractivity contribution in [2.75, 3.05) is 5.32 Å². The SMILES string of the molecule is CCc1ccccc1NC(=O)c1n[nH]c(C(C)(C)C)n1. The minimum Gasteiger partial charge on any atom is -0.319 e. The van der Waals surface area contributed by atoms with Crippen LogP contribution in [-0.4, -0.2) is 21.1 Å². The number of aromatic amines is 1. The monoisotopic (exact) mass is 272 g/mol. The maximum absolute atomic E-state index is 12.2. The summed E-state index contributed by atoms with van der Waals surface area (Å²) >= 11 is 0. The second-order valence-electron chi connectivity index (χ2n) is 5.72. The second kappa shape index (κ2) is 5.45. The molecule has 20 heavy (non-hydrogen) atoms. The highest BCUT2D eigenvalue weighted by molar-refractivity contribution is 6.01. The standard InChI is InChI=1S/C15H20N4O/c1-5-10-8-6-7-9-11(10)16-13(20)12-17-14(19-18-12)15(2,3)4/h6-9H,5H2,1-4H3,(H,16,20)(H,17,18,19). The Morgan fingerprint density at radius 3 is 2.60 bits per heavy atom. The highest BCUT2D eigenvalue weighted by Crippen LogP contribution is 2.19. The summed E-state index contributed by atoms with van der Waals surface area (Å²) in [5, 5.41) is 9.66. The van der Waals surface area contributed by atoms with Crippen molar-refractivity contribution in [1.82, 2.24) is 15.2 Å². The number of hydrogen-bond donors (Lipinski definition) is 2. The van der Waals surface area contributed by atoms with Crippen molar-refractivity contribution in [3.8, 4) is 0 Å². The molecule has 5 heteroatoms. The van der Waals surface area contributed by atoms with Crippen LogP contribution in [-0.2, 0) is 11.8 Å². The van der Waals surface area contributed by atoms with Gasteiger partial charge in [0.1, 0.15) is 5.82 Å². The molecule has 0 aliphatic carbocycles. The average molecular weight is 272 g/mol. The number of benzene rings is 1. The molecule has 1 aromatic heterocycles. The van der Waals surface area contributed by atoms with Gasteiger partial charge in [-0.3, -0.25) is 9.89 Å². The molecule has 1 amide bonds. The van der Waals surface area contributed by atoms with Gasteiger partial charge in [-0.25, -0.2) is 4.98 Å². The lowest BCUT2D eigenvalue weighted by molar-refractivity contribution is 0.101. The average Bonchev–Trinajstić information content (AvgIpc) is 2.89. The minimum atomic E-state index is -0.294. The van der Waals surface area contributed by atoms with Crippen LogP contribution in [0.5, 0.6) is 0 Å². The van der Waals surface area contributed by atoms with Gasteiger partial charge in [0.25, 0.3) is 5.91 Å². The van der Waals surface area contributed by atoms with Gasteiger partial charge in [0, 0.05) is 11.1 Å². The Labute approximate surface area is 118 Å². The van der Waals surface area contributed by atoms with Crippen molar-refractivity contribution in [2.45, 2.75) is 39.5 Å². The number of rotatable bonds is 3. The van der Waals surface area contributed by atoms with Crippen molar-refractivity contribution in [1.29, 1.82) is 0 Å². The summed E-state index contributed by atoms with van der Waals surface area (Å²) in [4.78, 5) is 16.4. The van der Waals surface area contributed by atoms with Gasteiger partial charge in [-0.15, -0.1) is 5.10 Å². The van der Waals surface area contributed by atoms with Gasteiger partial charge in [0.15, 0.2) is 0 Å². The molecule has 1 heterocycles. The van der Waals surface area contributed by atoms with Gasteiger partial charge < -0.3 is 5.32 Å². The smallest absolute Gasteiger partial charge is 0.295 e. The molecule has 0 unspecified atom stereocenters. The van der Waals surface area contributed by atoms with Crippen LogP contribution in [0.25, 0.3) is 0 Å². The lowest BCUT2D eigenvalue weighted by Gasteiger charge is -2.12. The number of carbonyl (C=O) groups excluding carboxylic acids is 1. The van der Waals surface area contributed by atoms with E-state index in [-0.39, 0.29) is 17.1 Å². The third-order valence-corrected chi connectivity index (χ3v) is 3.05. The Balaban J connectivity index is 2.18. The largest absolute Gasteiger partial charge is 0.319 e. The van der Waals surface area contributed by atoms with Crippen LogP contribution in [0, 0.1) is 0 Å². The lowest BCUT2D eigenvalue weighted by atomic mass is 9.96. The number of nitrogens with one attached hydrogen (secondary N) is 2. The zero-order chi connectivity index (χ0) is 14.8. The first-order chi connectivity index (χ1) is 9.41. The molecule has 0 aliphatic heterocycles. The molecule has 0 fully saturated rings. The minimum absolute atomic E-state index is 0.160. The first-order valence-corrected chi connectivity index (χ1v) is 6.74. The molecule has 2 N–H and O–H groups in total. The number of carbonyl (C=O) groups is 1. The number of hydrogen-bond acceptors (Lipinski definition) is 3. The number of aryl methyl sites for hydroxylation is 1. The highest BCUT2D eigenvalue weighted by Gasteiger charge is 2.21. The van der Waals surface area contributed by atoms with Crippen LogP contribution in [0.1, 0.15) is 49.7 Å². The van der Waals surface area contributed by atoms with E-state index in [2.05, 4.69) is 27.4 Å². The number of aromatic nitrogens is 3. The van der Waals surface area contributed by atoms with Crippen LogP contribution < -0.4 is 5.32 Å². The van der Waals surface area contributed by atoms with E-state index in [1.54, 1.807) is 0 Å². The van der Waals surface area contributed by atoms with Crippen molar-refractivity contribution in [3.05, 3.63) is 41.5 Å². The lowest BCUT2D eigenvalue weighted by Crippen LogP contribution is -2.16. The van der Waals surface area contributed by atoms with Crippen molar-refractivity contribution >= 4 is 11.6 Å². The van der Waals surface area contributed by atoms with Crippen molar-refractivity contribution < 1.29 is 4.79 Å². The maximum atomic E-state index is 12.2. The summed E-state index contributed by atoms with van der Waals surface area (Å²) in [6.07, 6.45) is 0.859. The number of para-hydroxylation sites is 1. The molecule has 0 atom stereocenters. The Morgan fingerprint density at radius 2 is 2.00 bits per heavy atom.